The Morgan fingerprint density at radius 1 is 1.40 bits per heavy atom. The molecular weight excluding hydrogens is 279 g/mol. The van der Waals surface area contributed by atoms with Crippen LogP contribution in [-0.2, 0) is 10.0 Å². The van der Waals surface area contributed by atoms with Gasteiger partial charge in [-0.1, -0.05) is 0 Å². The molecule has 0 aliphatic heterocycles. The van der Waals surface area contributed by atoms with Crippen molar-refractivity contribution in [2.75, 3.05) is 12.3 Å². The summed E-state index contributed by atoms with van der Waals surface area (Å²) in [5, 5.41) is 0. The highest BCUT2D eigenvalue weighted by Gasteiger charge is 2.53. The lowest BCUT2D eigenvalue weighted by atomic mass is 10.0. The molecule has 2 aliphatic rings. The van der Waals surface area contributed by atoms with E-state index < -0.39 is 15.8 Å². The topological polar surface area (TPSA) is 72.2 Å². The predicted molar refractivity (Wildman–Crippen MR) is 75.1 cm³/mol. The third-order valence-electron chi connectivity index (χ3n) is 4.62. The van der Waals surface area contributed by atoms with Crippen molar-refractivity contribution in [1.82, 2.24) is 4.72 Å². The van der Waals surface area contributed by atoms with Gasteiger partial charge in [-0.2, -0.15) is 0 Å². The molecular formula is C14H19FN2O2S. The van der Waals surface area contributed by atoms with Gasteiger partial charge in [0.1, 0.15) is 5.82 Å². The number of rotatable bonds is 5. The summed E-state index contributed by atoms with van der Waals surface area (Å²) in [7, 11) is -3.69. The van der Waals surface area contributed by atoms with Crippen LogP contribution in [0.1, 0.15) is 31.2 Å². The van der Waals surface area contributed by atoms with Crippen molar-refractivity contribution in [2.24, 2.45) is 11.3 Å². The van der Waals surface area contributed by atoms with Crippen LogP contribution in [0.4, 0.5) is 10.1 Å². The van der Waals surface area contributed by atoms with E-state index in [2.05, 4.69) is 4.72 Å². The highest BCUT2D eigenvalue weighted by molar-refractivity contribution is 7.89. The summed E-state index contributed by atoms with van der Waals surface area (Å²) < 4.78 is 40.7. The van der Waals surface area contributed by atoms with Crippen molar-refractivity contribution in [3.05, 3.63) is 23.5 Å². The molecule has 1 aromatic carbocycles. The lowest BCUT2D eigenvalue weighted by molar-refractivity contribution is 0.431. The molecule has 0 aromatic heterocycles. The van der Waals surface area contributed by atoms with E-state index in [9.17, 15) is 12.8 Å². The van der Waals surface area contributed by atoms with Crippen LogP contribution in [0.3, 0.4) is 0 Å². The van der Waals surface area contributed by atoms with Gasteiger partial charge in [0.05, 0.1) is 4.90 Å². The molecule has 2 aliphatic carbocycles. The molecule has 0 heterocycles. The molecule has 110 valence electrons. The average Bonchev–Trinajstić information content (AvgIpc) is 3.25. The van der Waals surface area contributed by atoms with E-state index in [4.69, 9.17) is 5.73 Å². The van der Waals surface area contributed by atoms with Gasteiger partial charge in [0.25, 0.3) is 0 Å². The number of hydrogen-bond acceptors (Lipinski definition) is 3. The van der Waals surface area contributed by atoms with E-state index in [-0.39, 0.29) is 21.6 Å². The van der Waals surface area contributed by atoms with Crippen LogP contribution in [-0.4, -0.2) is 15.0 Å². The Hall–Kier alpha value is -1.14. The zero-order chi connectivity index (χ0) is 14.5. The smallest absolute Gasteiger partial charge is 0.240 e. The molecule has 20 heavy (non-hydrogen) atoms. The van der Waals surface area contributed by atoms with Crippen LogP contribution in [0.15, 0.2) is 17.0 Å². The Morgan fingerprint density at radius 3 is 2.55 bits per heavy atom. The minimum absolute atomic E-state index is 0.0929. The van der Waals surface area contributed by atoms with E-state index >= 15 is 0 Å². The lowest BCUT2D eigenvalue weighted by Gasteiger charge is -2.15. The maximum Gasteiger partial charge on any atom is 0.240 e. The van der Waals surface area contributed by atoms with Crippen LogP contribution in [0.5, 0.6) is 0 Å². The number of nitrogen functional groups attached to an aromatic ring is 1. The van der Waals surface area contributed by atoms with Crippen molar-refractivity contribution in [2.45, 2.75) is 37.5 Å². The average molecular weight is 298 g/mol. The molecule has 0 atom stereocenters. The van der Waals surface area contributed by atoms with Crippen LogP contribution in [0.2, 0.25) is 0 Å². The number of anilines is 1. The Bertz CT molecular complexity index is 626. The SMILES string of the molecule is Cc1c(N)cc(S(=O)(=O)NCC2(C3CC3)CC2)cc1F. The molecule has 1 aromatic rings. The fourth-order valence-electron chi connectivity index (χ4n) is 2.74. The Kier molecular flexibility index (Phi) is 3.06. The van der Waals surface area contributed by atoms with E-state index in [0.29, 0.717) is 12.5 Å². The van der Waals surface area contributed by atoms with Crippen LogP contribution < -0.4 is 10.5 Å². The van der Waals surface area contributed by atoms with Gasteiger partial charge >= 0.3 is 0 Å². The zero-order valence-corrected chi connectivity index (χ0v) is 12.3. The summed E-state index contributed by atoms with van der Waals surface area (Å²) in [5.41, 5.74) is 6.25. The fraction of sp³-hybridized carbons (Fsp3) is 0.571. The quantitative estimate of drug-likeness (QED) is 0.818. The molecule has 3 rings (SSSR count). The van der Waals surface area contributed by atoms with Gasteiger partial charge in [-0.25, -0.2) is 17.5 Å². The van der Waals surface area contributed by atoms with Crippen molar-refractivity contribution in [3.63, 3.8) is 0 Å². The third kappa shape index (κ3) is 2.42. The third-order valence-corrected chi connectivity index (χ3v) is 6.00. The van der Waals surface area contributed by atoms with E-state index in [1.54, 1.807) is 0 Å². The van der Waals surface area contributed by atoms with Crippen molar-refractivity contribution >= 4 is 15.7 Å². The van der Waals surface area contributed by atoms with Crippen LogP contribution in [0, 0.1) is 24.1 Å². The Balaban J connectivity index is 1.78. The van der Waals surface area contributed by atoms with Gasteiger partial charge in [-0.05, 0) is 56.1 Å². The Morgan fingerprint density at radius 2 is 2.05 bits per heavy atom. The molecule has 2 saturated carbocycles. The summed E-state index contributed by atoms with van der Waals surface area (Å²) in [5.74, 6) is 0.0822. The first-order valence-electron chi connectivity index (χ1n) is 6.89. The molecule has 3 N–H and O–H groups in total. The molecule has 0 bridgehead atoms. The Labute approximate surface area is 118 Å². The van der Waals surface area contributed by atoms with Gasteiger partial charge < -0.3 is 5.73 Å². The number of benzene rings is 1. The molecule has 0 spiro atoms. The molecule has 0 amide bonds. The largest absolute Gasteiger partial charge is 0.398 e. The lowest BCUT2D eigenvalue weighted by Crippen LogP contribution is -2.31. The van der Waals surface area contributed by atoms with Gasteiger partial charge in [0.2, 0.25) is 10.0 Å². The standard InChI is InChI=1S/C14H19FN2O2S/c1-9-12(15)6-11(7-13(9)16)20(18,19)17-8-14(4-5-14)10-2-3-10/h6-7,10,17H,2-5,8,16H2,1H3. The van der Waals surface area contributed by atoms with Crippen molar-refractivity contribution in [1.29, 1.82) is 0 Å². The van der Waals surface area contributed by atoms with E-state index in [1.807, 2.05) is 0 Å². The number of nitrogens with one attached hydrogen (secondary N) is 1. The van der Waals surface area contributed by atoms with Gasteiger partial charge in [-0.15, -0.1) is 0 Å². The minimum Gasteiger partial charge on any atom is -0.398 e. The first-order chi connectivity index (χ1) is 9.34. The molecule has 0 radical (unpaired) electrons. The number of nitrogens with two attached hydrogens (primary N) is 1. The molecule has 6 heteroatoms. The molecule has 0 saturated heterocycles. The second-order valence-electron chi connectivity index (χ2n) is 6.08. The van der Waals surface area contributed by atoms with Crippen LogP contribution in [0.25, 0.3) is 0 Å². The summed E-state index contributed by atoms with van der Waals surface area (Å²) in [6.07, 6.45) is 4.58. The normalized spacial score (nSPS) is 20.9. The van der Waals surface area contributed by atoms with Crippen LogP contribution >= 0.6 is 0 Å². The maximum atomic E-state index is 13.6. The summed E-state index contributed by atoms with van der Waals surface area (Å²) in [4.78, 5) is -0.0929. The maximum absolute atomic E-state index is 13.6. The van der Waals surface area contributed by atoms with Gasteiger partial charge in [0.15, 0.2) is 0 Å². The van der Waals surface area contributed by atoms with Crippen molar-refractivity contribution < 1.29 is 12.8 Å². The highest BCUT2D eigenvalue weighted by Crippen LogP contribution is 2.60. The minimum atomic E-state index is -3.69. The number of hydrogen-bond donors (Lipinski definition) is 2. The van der Waals surface area contributed by atoms with Gasteiger partial charge in [-0.3, -0.25) is 0 Å². The summed E-state index contributed by atoms with van der Waals surface area (Å²) in [6.45, 7) is 1.98. The monoisotopic (exact) mass is 298 g/mol. The second kappa shape index (κ2) is 4.43. The number of halogens is 1. The molecule has 4 nitrogen and oxygen atoms in total. The zero-order valence-electron chi connectivity index (χ0n) is 11.4. The van der Waals surface area contributed by atoms with E-state index in [0.717, 1.165) is 18.9 Å². The first-order valence-corrected chi connectivity index (χ1v) is 8.38. The molecule has 2 fully saturated rings. The van der Waals surface area contributed by atoms with Crippen molar-refractivity contribution in [3.8, 4) is 0 Å². The van der Waals surface area contributed by atoms with E-state index in [1.165, 1.54) is 25.8 Å². The second-order valence-corrected chi connectivity index (χ2v) is 7.85. The first kappa shape index (κ1) is 13.8. The highest BCUT2D eigenvalue weighted by atomic mass is 32.2. The predicted octanol–water partition coefficient (Wildman–Crippen LogP) is 2.18. The van der Waals surface area contributed by atoms with Gasteiger partial charge in [0, 0.05) is 17.8 Å². The number of sulfonamides is 1. The fourth-order valence-corrected chi connectivity index (χ4v) is 3.92. The molecule has 0 unspecified atom stereocenters. The summed E-state index contributed by atoms with van der Waals surface area (Å²) >= 11 is 0. The summed E-state index contributed by atoms with van der Waals surface area (Å²) in [6, 6.07) is 2.35.